The van der Waals surface area contributed by atoms with Crippen molar-refractivity contribution in [2.24, 2.45) is 5.73 Å². The van der Waals surface area contributed by atoms with Gasteiger partial charge in [-0.2, -0.15) is 5.26 Å². The van der Waals surface area contributed by atoms with Crippen molar-refractivity contribution in [2.75, 3.05) is 37.1 Å². The summed E-state index contributed by atoms with van der Waals surface area (Å²) in [5, 5.41) is 10.6. The first-order valence-corrected chi connectivity index (χ1v) is 11.4. The summed E-state index contributed by atoms with van der Waals surface area (Å²) in [5.74, 6) is -2.53. The third-order valence-electron chi connectivity index (χ3n) is 5.90. The van der Waals surface area contributed by atoms with Crippen LogP contribution in [0.4, 0.5) is 11.4 Å². The number of carbonyl (C=O) groups excluding carboxylic acids is 2. The fourth-order valence-electron chi connectivity index (χ4n) is 4.30. The molecule has 3 rings (SSSR count). The first kappa shape index (κ1) is 25.7. The lowest BCUT2D eigenvalue weighted by Gasteiger charge is -2.38. The lowest BCUT2D eigenvalue weighted by molar-refractivity contribution is -0.139. The van der Waals surface area contributed by atoms with Crippen molar-refractivity contribution >= 4 is 34.9 Å². The number of allylic oxidation sites excluding steroid dienone is 1. The number of ether oxygens (including phenoxy) is 2. The Morgan fingerprint density at radius 1 is 1.06 bits per heavy atom. The fourth-order valence-corrected chi connectivity index (χ4v) is 4.59. The van der Waals surface area contributed by atoms with E-state index in [-0.39, 0.29) is 22.7 Å². The molecule has 1 aliphatic rings. The highest BCUT2D eigenvalue weighted by atomic mass is 35.5. The van der Waals surface area contributed by atoms with E-state index in [0.717, 1.165) is 0 Å². The summed E-state index contributed by atoms with van der Waals surface area (Å²) in [5.41, 5.74) is 8.14. The molecule has 182 valence electrons. The Balaban J connectivity index is 2.48. The number of para-hydroxylation sites is 1. The number of nitrogens with zero attached hydrogens (tertiary/aromatic N) is 3. The van der Waals surface area contributed by atoms with Crippen molar-refractivity contribution in [3.8, 4) is 6.07 Å². The minimum atomic E-state index is -0.935. The quantitative estimate of drug-likeness (QED) is 0.573. The van der Waals surface area contributed by atoms with Crippen LogP contribution in [0.15, 0.2) is 71.2 Å². The molecule has 2 N–H and O–H groups in total. The summed E-state index contributed by atoms with van der Waals surface area (Å²) in [6.45, 7) is 5.16. The number of nitriles is 1. The van der Waals surface area contributed by atoms with Crippen LogP contribution in [0.1, 0.15) is 25.3 Å². The van der Waals surface area contributed by atoms with E-state index in [2.05, 4.69) is 6.07 Å². The number of hydrogen-bond donors (Lipinski definition) is 1. The Hall–Kier alpha value is -3.96. The molecule has 0 fully saturated rings. The molecule has 8 nitrogen and oxygen atoms in total. The molecule has 2 aromatic rings. The summed E-state index contributed by atoms with van der Waals surface area (Å²) in [6.07, 6.45) is 0. The number of anilines is 2. The molecule has 1 atom stereocenters. The van der Waals surface area contributed by atoms with Gasteiger partial charge in [-0.3, -0.25) is 4.90 Å². The van der Waals surface area contributed by atoms with Gasteiger partial charge in [-0.05, 0) is 31.5 Å². The number of hydrogen-bond acceptors (Lipinski definition) is 8. The molecule has 0 aromatic heterocycles. The maximum atomic E-state index is 13.3. The first-order chi connectivity index (χ1) is 16.9. The van der Waals surface area contributed by atoms with Gasteiger partial charge < -0.3 is 20.1 Å². The zero-order valence-corrected chi connectivity index (χ0v) is 20.8. The van der Waals surface area contributed by atoms with Gasteiger partial charge in [0.1, 0.15) is 11.5 Å². The topological polar surface area (TPSA) is 109 Å². The highest BCUT2D eigenvalue weighted by Crippen LogP contribution is 2.46. The lowest BCUT2D eigenvalue weighted by atomic mass is 9.81. The van der Waals surface area contributed by atoms with Crippen LogP contribution >= 0.6 is 11.6 Å². The van der Waals surface area contributed by atoms with Gasteiger partial charge in [-0.25, -0.2) is 9.59 Å². The van der Waals surface area contributed by atoms with Crippen LogP contribution in [0.3, 0.4) is 0 Å². The fraction of sp³-hybridized carbons (Fsp3) is 0.269. The number of esters is 2. The summed E-state index contributed by atoms with van der Waals surface area (Å²) in [6, 6.07) is 16.2. The Labute approximate surface area is 209 Å². The minimum absolute atomic E-state index is 0.00919. The summed E-state index contributed by atoms with van der Waals surface area (Å²) in [4.78, 5) is 29.8. The van der Waals surface area contributed by atoms with Crippen molar-refractivity contribution < 1.29 is 19.1 Å². The highest BCUT2D eigenvalue weighted by Gasteiger charge is 2.43. The van der Waals surface area contributed by atoms with E-state index < -0.39 is 17.9 Å². The van der Waals surface area contributed by atoms with Crippen molar-refractivity contribution in [1.82, 2.24) is 0 Å². The standard InChI is InChI=1S/C26H27ClN4O4/c1-5-30(6-2)22-18(27)13-10-14-19(22)31-23(26(33)35-4)21(25(32)34-3)20(17(15-28)24(31)29)16-11-8-7-9-12-16/h7-14,20H,5-6,29H2,1-4H3. The largest absolute Gasteiger partial charge is 0.466 e. The van der Waals surface area contributed by atoms with Crippen LogP contribution in [0.5, 0.6) is 0 Å². The zero-order chi connectivity index (χ0) is 25.7. The van der Waals surface area contributed by atoms with E-state index >= 15 is 0 Å². The molecule has 1 aliphatic heterocycles. The van der Waals surface area contributed by atoms with E-state index in [1.807, 2.05) is 24.8 Å². The highest BCUT2D eigenvalue weighted by molar-refractivity contribution is 6.34. The number of rotatable bonds is 7. The second-order valence-corrected chi connectivity index (χ2v) is 8.02. The smallest absolute Gasteiger partial charge is 0.355 e. The van der Waals surface area contributed by atoms with Gasteiger partial charge in [0.05, 0.1) is 53.8 Å². The number of nitrogens with two attached hydrogens (primary N) is 1. The number of carbonyl (C=O) groups is 2. The van der Waals surface area contributed by atoms with Crippen LogP contribution in [0.25, 0.3) is 0 Å². The van der Waals surface area contributed by atoms with Gasteiger partial charge in [-0.15, -0.1) is 0 Å². The molecule has 35 heavy (non-hydrogen) atoms. The Kier molecular flexibility index (Phi) is 8.05. The van der Waals surface area contributed by atoms with Gasteiger partial charge in [0.25, 0.3) is 0 Å². The molecule has 0 amide bonds. The Bertz CT molecular complexity index is 1230. The average molecular weight is 495 g/mol. The number of benzene rings is 2. The third kappa shape index (κ3) is 4.55. The molecule has 0 saturated carbocycles. The van der Waals surface area contributed by atoms with E-state index in [1.54, 1.807) is 42.5 Å². The Morgan fingerprint density at radius 3 is 2.23 bits per heavy atom. The van der Waals surface area contributed by atoms with Crippen molar-refractivity contribution in [1.29, 1.82) is 5.26 Å². The van der Waals surface area contributed by atoms with E-state index in [1.165, 1.54) is 19.1 Å². The van der Waals surface area contributed by atoms with E-state index in [4.69, 9.17) is 26.8 Å². The maximum absolute atomic E-state index is 13.3. The van der Waals surface area contributed by atoms with E-state index in [0.29, 0.717) is 35.1 Å². The predicted octanol–water partition coefficient (Wildman–Crippen LogP) is 4.08. The second kappa shape index (κ2) is 11.0. The van der Waals surface area contributed by atoms with Gasteiger partial charge in [0.15, 0.2) is 0 Å². The monoisotopic (exact) mass is 494 g/mol. The van der Waals surface area contributed by atoms with Gasteiger partial charge >= 0.3 is 11.9 Å². The summed E-state index contributed by atoms with van der Waals surface area (Å²) in [7, 11) is 2.42. The number of halogens is 1. The molecule has 0 radical (unpaired) electrons. The van der Waals surface area contributed by atoms with Crippen molar-refractivity contribution in [2.45, 2.75) is 19.8 Å². The molecule has 2 aromatic carbocycles. The number of methoxy groups -OCH3 is 2. The molecule has 1 heterocycles. The van der Waals surface area contributed by atoms with Gasteiger partial charge in [0, 0.05) is 13.1 Å². The third-order valence-corrected chi connectivity index (χ3v) is 6.20. The molecule has 1 unspecified atom stereocenters. The van der Waals surface area contributed by atoms with Crippen LogP contribution < -0.4 is 15.5 Å². The lowest BCUT2D eigenvalue weighted by Crippen LogP contribution is -2.41. The van der Waals surface area contributed by atoms with E-state index in [9.17, 15) is 14.9 Å². The first-order valence-electron chi connectivity index (χ1n) is 11.0. The minimum Gasteiger partial charge on any atom is -0.466 e. The SMILES string of the molecule is CCN(CC)c1c(Cl)cccc1N1C(N)=C(C#N)C(c2ccccc2)C(C(=O)OC)=C1C(=O)OC. The van der Waals surface area contributed by atoms with Crippen LogP contribution in [-0.4, -0.2) is 39.2 Å². The molecule has 0 spiro atoms. The van der Waals surface area contributed by atoms with Gasteiger partial charge in [-0.1, -0.05) is 48.0 Å². The van der Waals surface area contributed by atoms with Crippen molar-refractivity contribution in [3.63, 3.8) is 0 Å². The predicted molar refractivity (Wildman–Crippen MR) is 135 cm³/mol. The summed E-state index contributed by atoms with van der Waals surface area (Å²) < 4.78 is 10.2. The summed E-state index contributed by atoms with van der Waals surface area (Å²) >= 11 is 6.62. The molecular weight excluding hydrogens is 468 g/mol. The van der Waals surface area contributed by atoms with Crippen LogP contribution in [0.2, 0.25) is 5.02 Å². The molecule has 0 bridgehead atoms. The molecule has 9 heteroatoms. The average Bonchev–Trinajstić information content (AvgIpc) is 2.89. The van der Waals surface area contributed by atoms with Crippen LogP contribution in [-0.2, 0) is 19.1 Å². The Morgan fingerprint density at radius 2 is 1.69 bits per heavy atom. The molecular formula is C26H27ClN4O4. The zero-order valence-electron chi connectivity index (χ0n) is 20.0. The van der Waals surface area contributed by atoms with Gasteiger partial charge in [0.2, 0.25) is 0 Å². The molecule has 0 aliphatic carbocycles. The van der Waals surface area contributed by atoms with Crippen molar-refractivity contribution in [3.05, 3.63) is 81.8 Å². The van der Waals surface area contributed by atoms with Crippen LogP contribution in [0, 0.1) is 11.3 Å². The molecule has 0 saturated heterocycles. The maximum Gasteiger partial charge on any atom is 0.355 e. The normalized spacial score (nSPS) is 15.5. The second-order valence-electron chi connectivity index (χ2n) is 7.62.